The van der Waals surface area contributed by atoms with Gasteiger partial charge in [-0.25, -0.2) is 0 Å². The van der Waals surface area contributed by atoms with Crippen molar-refractivity contribution in [3.8, 4) is 0 Å². The quantitative estimate of drug-likeness (QED) is 0.0382. The van der Waals surface area contributed by atoms with Gasteiger partial charge in [-0.05, 0) is 70.3 Å². The fraction of sp³-hybridized carbons (Fsp3) is 0.837. The second-order valence-electron chi connectivity index (χ2n) is 14.2. The minimum atomic E-state index is -1.03. The number of rotatable bonds is 38. The molecule has 6 nitrogen and oxygen atoms in total. The first kappa shape index (κ1) is 46.9. The first-order valence-electron chi connectivity index (χ1n) is 21.0. The SMILES string of the molecule is CCCCC/C=C\C(CCCCCCC(=O)NCC(=O)O)OC(=O)CCCCCCCCCCCCC/C=C\CCCCCCCCCC. The van der Waals surface area contributed by atoms with E-state index in [4.69, 9.17) is 9.84 Å². The van der Waals surface area contributed by atoms with Crippen LogP contribution in [0.1, 0.15) is 219 Å². The van der Waals surface area contributed by atoms with Crippen molar-refractivity contribution in [1.82, 2.24) is 5.32 Å². The molecule has 286 valence electrons. The van der Waals surface area contributed by atoms with E-state index in [0.29, 0.717) is 12.8 Å². The Hall–Kier alpha value is -2.11. The maximum absolute atomic E-state index is 12.6. The number of carboxylic acid groups (broad SMARTS) is 1. The number of aliphatic carboxylic acids is 1. The highest BCUT2D eigenvalue weighted by Crippen LogP contribution is 2.16. The van der Waals surface area contributed by atoms with Crippen LogP contribution in [0.5, 0.6) is 0 Å². The Balaban J connectivity index is 3.79. The van der Waals surface area contributed by atoms with Gasteiger partial charge in [0.2, 0.25) is 5.91 Å². The predicted molar refractivity (Wildman–Crippen MR) is 208 cm³/mol. The molecule has 1 atom stereocenters. The molecular formula is C43H79NO5. The minimum Gasteiger partial charge on any atom is -0.480 e. The molecule has 0 heterocycles. The Morgan fingerprint density at radius 2 is 0.939 bits per heavy atom. The van der Waals surface area contributed by atoms with Crippen molar-refractivity contribution in [3.63, 3.8) is 0 Å². The van der Waals surface area contributed by atoms with Gasteiger partial charge in [-0.1, -0.05) is 160 Å². The van der Waals surface area contributed by atoms with Crippen LogP contribution in [0, 0.1) is 0 Å². The van der Waals surface area contributed by atoms with E-state index >= 15 is 0 Å². The number of unbranched alkanes of at least 4 members (excludes halogenated alkanes) is 25. The van der Waals surface area contributed by atoms with Crippen molar-refractivity contribution in [2.45, 2.75) is 225 Å². The molecule has 0 rings (SSSR count). The minimum absolute atomic E-state index is 0.0858. The van der Waals surface area contributed by atoms with Gasteiger partial charge in [-0.15, -0.1) is 0 Å². The monoisotopic (exact) mass is 690 g/mol. The van der Waals surface area contributed by atoms with Crippen molar-refractivity contribution >= 4 is 17.8 Å². The summed E-state index contributed by atoms with van der Waals surface area (Å²) in [6.45, 7) is 4.16. The van der Waals surface area contributed by atoms with Crippen molar-refractivity contribution in [3.05, 3.63) is 24.3 Å². The smallest absolute Gasteiger partial charge is 0.322 e. The molecule has 2 N–H and O–H groups in total. The van der Waals surface area contributed by atoms with Crippen LogP contribution in [-0.2, 0) is 19.1 Å². The molecule has 0 spiro atoms. The molecular weight excluding hydrogens is 610 g/mol. The lowest BCUT2D eigenvalue weighted by molar-refractivity contribution is -0.147. The molecule has 0 aliphatic heterocycles. The standard InChI is InChI=1S/C43H79NO5/c1-3-5-7-9-10-11-12-13-14-15-16-17-18-19-20-21-22-23-24-25-26-28-34-38-43(48)49-40(35-31-27-8-6-4-2)36-32-29-30-33-37-41(45)44-39-42(46)47/h15-16,31,35,40H,3-14,17-30,32-34,36-39H2,1-2H3,(H,44,45)(H,46,47)/b16-15-,35-31-. The number of amides is 1. The highest BCUT2D eigenvalue weighted by atomic mass is 16.5. The average molecular weight is 690 g/mol. The first-order valence-corrected chi connectivity index (χ1v) is 21.0. The summed E-state index contributed by atoms with van der Waals surface area (Å²) in [6.07, 6.45) is 46.3. The molecule has 1 unspecified atom stereocenters. The molecule has 0 saturated carbocycles. The van der Waals surface area contributed by atoms with Crippen LogP contribution in [0.2, 0.25) is 0 Å². The first-order chi connectivity index (χ1) is 24.0. The van der Waals surface area contributed by atoms with Crippen LogP contribution < -0.4 is 5.32 Å². The van der Waals surface area contributed by atoms with Crippen molar-refractivity contribution in [2.24, 2.45) is 0 Å². The number of carboxylic acids is 1. The van der Waals surface area contributed by atoms with E-state index in [1.165, 1.54) is 135 Å². The Morgan fingerprint density at radius 3 is 1.47 bits per heavy atom. The molecule has 0 aromatic rings. The highest BCUT2D eigenvalue weighted by Gasteiger charge is 2.12. The summed E-state index contributed by atoms with van der Waals surface area (Å²) in [5, 5.41) is 11.0. The van der Waals surface area contributed by atoms with E-state index in [-0.39, 0.29) is 24.5 Å². The largest absolute Gasteiger partial charge is 0.480 e. The molecule has 0 fully saturated rings. The molecule has 0 aromatic carbocycles. The molecule has 0 saturated heterocycles. The van der Waals surface area contributed by atoms with Gasteiger partial charge < -0.3 is 15.2 Å². The molecule has 0 aromatic heterocycles. The summed E-state index contributed by atoms with van der Waals surface area (Å²) in [5.41, 5.74) is 0. The Bertz CT molecular complexity index is 808. The summed E-state index contributed by atoms with van der Waals surface area (Å²) in [6, 6.07) is 0. The van der Waals surface area contributed by atoms with Crippen LogP contribution in [0.25, 0.3) is 0 Å². The summed E-state index contributed by atoms with van der Waals surface area (Å²) < 4.78 is 5.86. The van der Waals surface area contributed by atoms with Crippen molar-refractivity contribution in [1.29, 1.82) is 0 Å². The predicted octanol–water partition coefficient (Wildman–Crippen LogP) is 12.7. The number of hydrogen-bond donors (Lipinski definition) is 2. The van der Waals surface area contributed by atoms with Crippen LogP contribution in [0.4, 0.5) is 0 Å². The van der Waals surface area contributed by atoms with E-state index < -0.39 is 5.97 Å². The van der Waals surface area contributed by atoms with Gasteiger partial charge in [0, 0.05) is 12.8 Å². The van der Waals surface area contributed by atoms with Crippen molar-refractivity contribution in [2.75, 3.05) is 6.54 Å². The molecule has 49 heavy (non-hydrogen) atoms. The molecule has 0 radical (unpaired) electrons. The van der Waals surface area contributed by atoms with Gasteiger partial charge >= 0.3 is 11.9 Å². The number of esters is 1. The van der Waals surface area contributed by atoms with Gasteiger partial charge in [0.05, 0.1) is 0 Å². The van der Waals surface area contributed by atoms with Crippen LogP contribution in [-0.4, -0.2) is 35.6 Å². The summed E-state index contributed by atoms with van der Waals surface area (Å²) in [5.74, 6) is -1.33. The zero-order chi connectivity index (χ0) is 35.9. The van der Waals surface area contributed by atoms with Gasteiger partial charge in [0.15, 0.2) is 0 Å². The van der Waals surface area contributed by atoms with Gasteiger partial charge in [0.1, 0.15) is 12.6 Å². The second-order valence-corrected chi connectivity index (χ2v) is 14.2. The number of carbonyl (C=O) groups is 3. The molecule has 0 aliphatic rings. The molecule has 0 bridgehead atoms. The molecule has 0 aliphatic carbocycles. The summed E-state index contributed by atoms with van der Waals surface area (Å²) in [4.78, 5) is 34.8. The van der Waals surface area contributed by atoms with E-state index in [2.05, 4.69) is 43.5 Å². The third-order valence-corrected chi connectivity index (χ3v) is 9.33. The number of ether oxygens (including phenoxy) is 1. The highest BCUT2D eigenvalue weighted by molar-refractivity contribution is 5.80. The zero-order valence-corrected chi connectivity index (χ0v) is 32.3. The van der Waals surface area contributed by atoms with Crippen LogP contribution >= 0.6 is 0 Å². The van der Waals surface area contributed by atoms with Crippen LogP contribution in [0.15, 0.2) is 24.3 Å². The van der Waals surface area contributed by atoms with E-state index in [0.717, 1.165) is 57.8 Å². The second kappa shape index (κ2) is 38.7. The maximum Gasteiger partial charge on any atom is 0.322 e. The average Bonchev–Trinajstić information content (AvgIpc) is 3.08. The zero-order valence-electron chi connectivity index (χ0n) is 32.3. The lowest BCUT2D eigenvalue weighted by Gasteiger charge is -2.15. The van der Waals surface area contributed by atoms with Crippen LogP contribution in [0.3, 0.4) is 0 Å². The van der Waals surface area contributed by atoms with Gasteiger partial charge in [-0.3, -0.25) is 14.4 Å². The third kappa shape index (κ3) is 38.5. The Labute approximate surface area is 303 Å². The molecule has 1 amide bonds. The maximum atomic E-state index is 12.6. The summed E-state index contributed by atoms with van der Waals surface area (Å²) >= 11 is 0. The summed E-state index contributed by atoms with van der Waals surface area (Å²) in [7, 11) is 0. The third-order valence-electron chi connectivity index (χ3n) is 9.33. The number of carbonyl (C=O) groups excluding carboxylic acids is 2. The number of allylic oxidation sites excluding steroid dienone is 3. The topological polar surface area (TPSA) is 92.7 Å². The lowest BCUT2D eigenvalue weighted by Crippen LogP contribution is -2.28. The van der Waals surface area contributed by atoms with Gasteiger partial charge in [0.25, 0.3) is 0 Å². The fourth-order valence-electron chi connectivity index (χ4n) is 6.18. The fourth-order valence-corrected chi connectivity index (χ4v) is 6.18. The Morgan fingerprint density at radius 1 is 0.531 bits per heavy atom. The van der Waals surface area contributed by atoms with E-state index in [1.54, 1.807) is 0 Å². The van der Waals surface area contributed by atoms with E-state index in [9.17, 15) is 14.4 Å². The van der Waals surface area contributed by atoms with E-state index in [1.807, 2.05) is 0 Å². The number of hydrogen-bond acceptors (Lipinski definition) is 4. The number of nitrogens with one attached hydrogen (secondary N) is 1. The Kier molecular flexibility index (Phi) is 37.0. The lowest BCUT2D eigenvalue weighted by atomic mass is 10.0. The normalized spacial score (nSPS) is 12.2. The molecule has 6 heteroatoms. The van der Waals surface area contributed by atoms with Gasteiger partial charge in [-0.2, -0.15) is 0 Å². The van der Waals surface area contributed by atoms with Crippen molar-refractivity contribution < 1.29 is 24.2 Å².